The number of halogens is 3. The zero-order valence-corrected chi connectivity index (χ0v) is 11.9. The van der Waals surface area contributed by atoms with Crippen LogP contribution < -0.4 is 5.32 Å². The zero-order valence-electron chi connectivity index (χ0n) is 11.9. The predicted molar refractivity (Wildman–Crippen MR) is 74.0 cm³/mol. The third-order valence-corrected chi connectivity index (χ3v) is 2.77. The van der Waals surface area contributed by atoms with E-state index in [-0.39, 0.29) is 6.54 Å². The second kappa shape index (κ2) is 7.31. The van der Waals surface area contributed by atoms with Gasteiger partial charge < -0.3 is 15.3 Å². The number of carbonyl (C=O) groups excluding carboxylic acids is 1. The highest BCUT2D eigenvalue weighted by molar-refractivity contribution is 5.89. The number of nitrogens with one attached hydrogen (secondary N) is 1. The zero-order chi connectivity index (χ0) is 16.0. The van der Waals surface area contributed by atoms with Gasteiger partial charge in [-0.15, -0.1) is 0 Å². The number of urea groups is 1. The Hall–Kier alpha value is -1.76. The SMILES string of the molecule is CCCN(CC(F)(F)F)C(=O)Nc1cccc(C(C)O)c1. The fourth-order valence-corrected chi connectivity index (χ4v) is 1.82. The number of anilines is 1. The molecule has 0 aliphatic carbocycles. The van der Waals surface area contributed by atoms with E-state index in [1.54, 1.807) is 32.0 Å². The van der Waals surface area contributed by atoms with E-state index in [0.717, 1.165) is 4.90 Å². The van der Waals surface area contributed by atoms with Crippen molar-refractivity contribution in [2.75, 3.05) is 18.4 Å². The van der Waals surface area contributed by atoms with Crippen molar-refractivity contribution in [1.82, 2.24) is 4.90 Å². The summed E-state index contributed by atoms with van der Waals surface area (Å²) in [5.41, 5.74) is 0.923. The maximum Gasteiger partial charge on any atom is 0.406 e. The topological polar surface area (TPSA) is 52.6 Å². The van der Waals surface area contributed by atoms with Crippen LogP contribution in [0.25, 0.3) is 0 Å². The monoisotopic (exact) mass is 304 g/mol. The molecule has 0 heterocycles. The molecule has 21 heavy (non-hydrogen) atoms. The molecule has 1 atom stereocenters. The molecule has 0 saturated heterocycles. The van der Waals surface area contributed by atoms with Gasteiger partial charge in [0.1, 0.15) is 6.54 Å². The van der Waals surface area contributed by atoms with E-state index in [4.69, 9.17) is 0 Å². The van der Waals surface area contributed by atoms with E-state index < -0.39 is 24.9 Å². The summed E-state index contributed by atoms with van der Waals surface area (Å²) in [4.78, 5) is 12.6. The summed E-state index contributed by atoms with van der Waals surface area (Å²) in [6.45, 7) is 1.99. The first-order chi connectivity index (χ1) is 9.73. The maximum atomic E-state index is 12.4. The molecule has 0 fully saturated rings. The molecule has 0 radical (unpaired) electrons. The van der Waals surface area contributed by atoms with Crippen molar-refractivity contribution in [1.29, 1.82) is 0 Å². The van der Waals surface area contributed by atoms with Gasteiger partial charge in [0.15, 0.2) is 0 Å². The molecule has 1 unspecified atom stereocenters. The Balaban J connectivity index is 2.79. The van der Waals surface area contributed by atoms with Gasteiger partial charge in [0, 0.05) is 12.2 Å². The van der Waals surface area contributed by atoms with Crippen LogP contribution in [0.3, 0.4) is 0 Å². The standard InChI is InChI=1S/C14H19F3N2O2/c1-3-7-19(9-14(15,16)17)13(21)18-12-6-4-5-11(8-12)10(2)20/h4-6,8,10,20H,3,7,9H2,1-2H3,(H,18,21). The summed E-state index contributed by atoms with van der Waals surface area (Å²) >= 11 is 0. The van der Waals surface area contributed by atoms with Gasteiger partial charge in [0.2, 0.25) is 0 Å². The predicted octanol–water partition coefficient (Wildman–Crippen LogP) is 3.55. The Morgan fingerprint density at radius 2 is 2.10 bits per heavy atom. The molecule has 2 N–H and O–H groups in total. The van der Waals surface area contributed by atoms with Crippen LogP contribution in [0.4, 0.5) is 23.7 Å². The number of aliphatic hydroxyl groups excluding tert-OH is 1. The van der Waals surface area contributed by atoms with Gasteiger partial charge in [-0.1, -0.05) is 19.1 Å². The molecule has 0 aromatic heterocycles. The van der Waals surface area contributed by atoms with Crippen LogP contribution in [0.5, 0.6) is 0 Å². The van der Waals surface area contributed by atoms with Gasteiger partial charge in [-0.2, -0.15) is 13.2 Å². The fourth-order valence-electron chi connectivity index (χ4n) is 1.82. The van der Waals surface area contributed by atoms with E-state index in [1.165, 1.54) is 6.07 Å². The van der Waals surface area contributed by atoms with Crippen LogP contribution in [0.1, 0.15) is 31.9 Å². The summed E-state index contributed by atoms with van der Waals surface area (Å²) in [7, 11) is 0. The first-order valence-electron chi connectivity index (χ1n) is 6.63. The first-order valence-corrected chi connectivity index (χ1v) is 6.63. The van der Waals surface area contributed by atoms with Crippen molar-refractivity contribution in [3.05, 3.63) is 29.8 Å². The fraction of sp³-hybridized carbons (Fsp3) is 0.500. The molecular weight excluding hydrogens is 285 g/mol. The minimum atomic E-state index is -4.44. The Labute approximate surface area is 121 Å². The minimum absolute atomic E-state index is 0.0153. The Bertz CT molecular complexity index is 476. The summed E-state index contributed by atoms with van der Waals surface area (Å²) < 4.78 is 37.3. The lowest BCUT2D eigenvalue weighted by molar-refractivity contribution is -0.139. The molecule has 118 valence electrons. The molecule has 2 amide bonds. The minimum Gasteiger partial charge on any atom is -0.389 e. The number of hydrogen-bond donors (Lipinski definition) is 2. The van der Waals surface area contributed by atoms with Gasteiger partial charge in [0.05, 0.1) is 6.10 Å². The molecule has 1 aromatic rings. The largest absolute Gasteiger partial charge is 0.406 e. The average molecular weight is 304 g/mol. The Kier molecular flexibility index (Phi) is 6.02. The molecule has 7 heteroatoms. The highest BCUT2D eigenvalue weighted by Gasteiger charge is 2.32. The number of carbonyl (C=O) groups is 1. The Morgan fingerprint density at radius 1 is 1.43 bits per heavy atom. The highest BCUT2D eigenvalue weighted by atomic mass is 19.4. The summed E-state index contributed by atoms with van der Waals surface area (Å²) in [5.74, 6) is 0. The lowest BCUT2D eigenvalue weighted by atomic mass is 10.1. The highest BCUT2D eigenvalue weighted by Crippen LogP contribution is 2.19. The number of rotatable bonds is 5. The smallest absolute Gasteiger partial charge is 0.389 e. The number of aliphatic hydroxyl groups is 1. The first kappa shape index (κ1) is 17.3. The van der Waals surface area contributed by atoms with Crippen molar-refractivity contribution >= 4 is 11.7 Å². The number of alkyl halides is 3. The second-order valence-corrected chi connectivity index (χ2v) is 4.77. The van der Waals surface area contributed by atoms with Gasteiger partial charge in [-0.25, -0.2) is 4.79 Å². The van der Waals surface area contributed by atoms with Crippen molar-refractivity contribution in [2.45, 2.75) is 32.5 Å². The summed E-state index contributed by atoms with van der Waals surface area (Å²) in [6, 6.07) is 5.56. The lowest BCUT2D eigenvalue weighted by Crippen LogP contribution is -2.41. The van der Waals surface area contributed by atoms with Gasteiger partial charge in [0.25, 0.3) is 0 Å². The van der Waals surface area contributed by atoms with Gasteiger partial charge in [-0.05, 0) is 31.0 Å². The Morgan fingerprint density at radius 3 is 2.62 bits per heavy atom. The van der Waals surface area contributed by atoms with Crippen molar-refractivity contribution in [3.63, 3.8) is 0 Å². The quantitative estimate of drug-likeness (QED) is 0.874. The van der Waals surface area contributed by atoms with Gasteiger partial charge in [-0.3, -0.25) is 0 Å². The maximum absolute atomic E-state index is 12.4. The van der Waals surface area contributed by atoms with Crippen LogP contribution in [-0.2, 0) is 0 Å². The summed E-state index contributed by atoms with van der Waals surface area (Å²) in [5, 5.41) is 11.9. The van der Waals surface area contributed by atoms with E-state index in [1.807, 2.05) is 0 Å². The molecule has 1 rings (SSSR count). The molecule has 0 saturated carbocycles. The van der Waals surface area contributed by atoms with Crippen LogP contribution in [-0.4, -0.2) is 35.3 Å². The number of hydrogen-bond acceptors (Lipinski definition) is 2. The van der Waals surface area contributed by atoms with Crippen molar-refractivity contribution < 1.29 is 23.1 Å². The van der Waals surface area contributed by atoms with E-state index in [2.05, 4.69) is 5.32 Å². The molecule has 0 bridgehead atoms. The van der Waals surface area contributed by atoms with Crippen molar-refractivity contribution in [2.24, 2.45) is 0 Å². The van der Waals surface area contributed by atoms with Gasteiger partial charge >= 0.3 is 12.2 Å². The molecule has 0 aliphatic heterocycles. The third-order valence-electron chi connectivity index (χ3n) is 2.77. The molecule has 4 nitrogen and oxygen atoms in total. The van der Waals surface area contributed by atoms with E-state index in [9.17, 15) is 23.1 Å². The van der Waals surface area contributed by atoms with Crippen LogP contribution in [0, 0.1) is 0 Å². The number of amides is 2. The van der Waals surface area contributed by atoms with E-state index in [0.29, 0.717) is 17.7 Å². The number of nitrogens with zero attached hydrogens (tertiary/aromatic N) is 1. The van der Waals surface area contributed by atoms with Crippen LogP contribution in [0.15, 0.2) is 24.3 Å². The molecule has 1 aromatic carbocycles. The van der Waals surface area contributed by atoms with Crippen LogP contribution >= 0.6 is 0 Å². The van der Waals surface area contributed by atoms with Crippen molar-refractivity contribution in [3.8, 4) is 0 Å². The average Bonchev–Trinajstić information content (AvgIpc) is 2.37. The molecule has 0 aliphatic rings. The molecular formula is C14H19F3N2O2. The third kappa shape index (κ3) is 6.03. The number of benzene rings is 1. The normalized spacial score (nSPS) is 12.9. The molecule has 0 spiro atoms. The van der Waals surface area contributed by atoms with E-state index >= 15 is 0 Å². The summed E-state index contributed by atoms with van der Waals surface area (Å²) in [6.07, 6.45) is -4.73. The lowest BCUT2D eigenvalue weighted by Gasteiger charge is -2.24. The second-order valence-electron chi connectivity index (χ2n) is 4.77. The van der Waals surface area contributed by atoms with Crippen LogP contribution in [0.2, 0.25) is 0 Å².